The van der Waals surface area contributed by atoms with E-state index < -0.39 is 0 Å². The number of aromatic nitrogens is 3. The summed E-state index contributed by atoms with van der Waals surface area (Å²) in [5, 5.41) is 5.96. The zero-order valence-corrected chi connectivity index (χ0v) is 31.8. The molecule has 5 saturated carbocycles. The van der Waals surface area contributed by atoms with Crippen molar-refractivity contribution < 1.29 is 0 Å². The van der Waals surface area contributed by atoms with Crippen molar-refractivity contribution in [2.24, 2.45) is 29.1 Å². The minimum atomic E-state index is 0.615. The van der Waals surface area contributed by atoms with Crippen LogP contribution in [0.1, 0.15) is 110 Å². The third-order valence-electron chi connectivity index (χ3n) is 17.5. The van der Waals surface area contributed by atoms with E-state index in [4.69, 9.17) is 9.97 Å². The maximum absolute atomic E-state index is 5.53. The number of nitrogens with zero attached hydrogens (tertiary/aromatic N) is 3. The van der Waals surface area contributed by atoms with Crippen molar-refractivity contribution in [3.63, 3.8) is 0 Å². The normalized spacial score (nSPS) is 31.6. The lowest BCUT2D eigenvalue weighted by Crippen LogP contribution is -2.41. The Balaban J connectivity index is 0.962. The van der Waals surface area contributed by atoms with Crippen molar-refractivity contribution in [2.45, 2.75) is 87.9 Å². The Labute approximate surface area is 327 Å². The van der Waals surface area contributed by atoms with Crippen LogP contribution in [0.2, 0.25) is 0 Å². The molecule has 7 atom stereocenters. The first-order chi connectivity index (χ1) is 27.6. The molecule has 3 nitrogen and oxygen atoms in total. The molecule has 4 aromatic carbocycles. The summed E-state index contributed by atoms with van der Waals surface area (Å²) in [7, 11) is 0. The summed E-state index contributed by atoms with van der Waals surface area (Å²) >= 11 is 0. The summed E-state index contributed by atoms with van der Waals surface area (Å²) in [5.41, 5.74) is 18.6. The molecule has 7 bridgehead atoms. The SMILES string of the molecule is c1ccc(-c2ccc(-c3ccc(-c4cc5c6c7c(ncc6n6c8cnc9c(c8c(c4)c56)C4CC5CC6CC9CC65C4)C4CC5CC(C4)CC7C5)cc3)cc2)cc1. The van der Waals surface area contributed by atoms with E-state index in [-0.39, 0.29) is 0 Å². The van der Waals surface area contributed by atoms with E-state index in [1.54, 1.807) is 11.1 Å². The van der Waals surface area contributed by atoms with Crippen molar-refractivity contribution in [3.05, 3.63) is 126 Å². The van der Waals surface area contributed by atoms with Crippen molar-refractivity contribution in [1.82, 2.24) is 14.4 Å². The molecule has 0 aliphatic heterocycles. The number of pyridine rings is 2. The molecule has 4 heterocycles. The largest absolute Gasteiger partial charge is 0.305 e. The number of rotatable bonds is 3. The third kappa shape index (κ3) is 3.68. The maximum atomic E-state index is 5.53. The summed E-state index contributed by atoms with van der Waals surface area (Å²) in [5.74, 6) is 6.20. The van der Waals surface area contributed by atoms with Gasteiger partial charge >= 0.3 is 0 Å². The second-order valence-electron chi connectivity index (χ2n) is 19.9. The number of benzene rings is 4. The Morgan fingerprint density at radius 3 is 1.59 bits per heavy atom. The molecule has 56 heavy (non-hydrogen) atoms. The lowest BCUT2D eigenvalue weighted by molar-refractivity contribution is 0.00321. The average molecular weight is 724 g/mol. The zero-order valence-electron chi connectivity index (χ0n) is 31.8. The summed E-state index contributed by atoms with van der Waals surface area (Å²) in [6.45, 7) is 0. The van der Waals surface area contributed by atoms with E-state index in [1.807, 2.05) is 0 Å². The van der Waals surface area contributed by atoms with Crippen LogP contribution in [0.4, 0.5) is 0 Å². The first-order valence-corrected chi connectivity index (χ1v) is 22.0. The van der Waals surface area contributed by atoms with E-state index in [0.29, 0.717) is 29.1 Å². The van der Waals surface area contributed by atoms with Gasteiger partial charge < -0.3 is 4.40 Å². The van der Waals surface area contributed by atoms with Gasteiger partial charge in [-0.25, -0.2) is 0 Å². The van der Waals surface area contributed by atoms with Crippen molar-refractivity contribution >= 4 is 38.1 Å². The van der Waals surface area contributed by atoms with Gasteiger partial charge in [0.15, 0.2) is 0 Å². The van der Waals surface area contributed by atoms with Gasteiger partial charge in [0, 0.05) is 44.8 Å². The molecule has 5 fully saturated rings. The molecule has 4 aromatic heterocycles. The third-order valence-corrected chi connectivity index (χ3v) is 17.5. The van der Waals surface area contributed by atoms with Crippen molar-refractivity contribution in [1.29, 1.82) is 0 Å². The molecule has 8 aliphatic carbocycles. The summed E-state index contributed by atoms with van der Waals surface area (Å²) in [6.07, 6.45) is 18.5. The van der Waals surface area contributed by atoms with E-state index in [0.717, 1.165) is 23.7 Å². The van der Waals surface area contributed by atoms with Crippen molar-refractivity contribution in [2.75, 3.05) is 0 Å². The Hall–Kier alpha value is -5.02. The predicted molar refractivity (Wildman–Crippen MR) is 227 cm³/mol. The zero-order chi connectivity index (χ0) is 36.0. The molecular formula is C53H45N3. The monoisotopic (exact) mass is 723 g/mol. The molecule has 8 aliphatic rings. The van der Waals surface area contributed by atoms with Crippen LogP contribution < -0.4 is 0 Å². The summed E-state index contributed by atoms with van der Waals surface area (Å²) < 4.78 is 2.64. The van der Waals surface area contributed by atoms with Crippen LogP contribution in [0.25, 0.3) is 71.5 Å². The Morgan fingerprint density at radius 2 is 0.964 bits per heavy atom. The van der Waals surface area contributed by atoms with Crippen LogP contribution in [0.5, 0.6) is 0 Å². The smallest absolute Gasteiger partial charge is 0.0728 e. The highest BCUT2D eigenvalue weighted by Gasteiger charge is 2.66. The predicted octanol–water partition coefficient (Wildman–Crippen LogP) is 13.4. The summed E-state index contributed by atoms with van der Waals surface area (Å²) in [4.78, 5) is 11.0. The van der Waals surface area contributed by atoms with Gasteiger partial charge in [0.25, 0.3) is 0 Å². The van der Waals surface area contributed by atoms with Crippen molar-refractivity contribution in [3.8, 4) is 33.4 Å². The van der Waals surface area contributed by atoms with E-state index in [2.05, 4.69) is 108 Å². The maximum Gasteiger partial charge on any atom is 0.0728 e. The van der Waals surface area contributed by atoms with Gasteiger partial charge in [-0.1, -0.05) is 78.9 Å². The van der Waals surface area contributed by atoms with Gasteiger partial charge in [-0.15, -0.1) is 0 Å². The first-order valence-electron chi connectivity index (χ1n) is 22.0. The Morgan fingerprint density at radius 1 is 0.464 bits per heavy atom. The lowest BCUT2D eigenvalue weighted by Gasteiger charge is -2.48. The van der Waals surface area contributed by atoms with Crippen LogP contribution in [0.3, 0.4) is 0 Å². The van der Waals surface area contributed by atoms with E-state index in [9.17, 15) is 0 Å². The van der Waals surface area contributed by atoms with Crippen LogP contribution in [0.15, 0.2) is 103 Å². The fourth-order valence-corrected chi connectivity index (χ4v) is 15.5. The van der Waals surface area contributed by atoms with E-state index in [1.165, 1.54) is 147 Å². The first kappa shape index (κ1) is 30.2. The second-order valence-corrected chi connectivity index (χ2v) is 19.9. The summed E-state index contributed by atoms with van der Waals surface area (Å²) in [6, 6.07) is 34.4. The van der Waals surface area contributed by atoms with Crippen LogP contribution in [0, 0.1) is 29.1 Å². The molecule has 0 amide bonds. The molecule has 0 radical (unpaired) electrons. The highest BCUT2D eigenvalue weighted by atomic mass is 15.0. The van der Waals surface area contributed by atoms with Crippen LogP contribution in [-0.4, -0.2) is 14.4 Å². The van der Waals surface area contributed by atoms with Crippen LogP contribution >= 0.6 is 0 Å². The molecule has 16 rings (SSSR count). The molecule has 3 heteroatoms. The van der Waals surface area contributed by atoms with Gasteiger partial charge in [0.05, 0.1) is 28.9 Å². The second kappa shape index (κ2) is 10.3. The van der Waals surface area contributed by atoms with Crippen LogP contribution in [-0.2, 0) is 0 Å². The molecule has 1 spiro atoms. The molecule has 8 aromatic rings. The Kier molecular flexibility index (Phi) is 5.54. The minimum absolute atomic E-state index is 0.615. The molecule has 7 unspecified atom stereocenters. The quantitative estimate of drug-likeness (QED) is 0.182. The standard InChI is InChI=1S/C53H45N3/c1-2-4-30(5-3-1)31-6-8-32(9-7-31)33-10-12-34(13-11-33)35-21-42-48-44(26-54-50-37-17-28-14-29(18-37)16-36(15-28)46(48)50)56-45-27-55-51-39-20-41-23-40-19-38(24-53(40,41)25-39)47(51)49(45)43(22-35)52(42)56/h1-13,21-22,26-29,36-41H,14-20,23-25H2. The highest BCUT2D eigenvalue weighted by molar-refractivity contribution is 6.26. The van der Waals surface area contributed by atoms with Gasteiger partial charge in [-0.05, 0) is 162 Å². The Bertz CT molecular complexity index is 2960. The van der Waals surface area contributed by atoms with Gasteiger partial charge in [0.1, 0.15) is 0 Å². The van der Waals surface area contributed by atoms with E-state index >= 15 is 0 Å². The highest BCUT2D eigenvalue weighted by Crippen LogP contribution is 2.76. The van der Waals surface area contributed by atoms with Gasteiger partial charge in [-0.3, -0.25) is 9.97 Å². The number of hydrogen-bond donors (Lipinski definition) is 0. The van der Waals surface area contributed by atoms with Gasteiger partial charge in [-0.2, -0.15) is 0 Å². The number of hydrogen-bond acceptors (Lipinski definition) is 2. The van der Waals surface area contributed by atoms with Gasteiger partial charge in [0.2, 0.25) is 0 Å². The minimum Gasteiger partial charge on any atom is -0.305 e. The molecule has 0 N–H and O–H groups in total. The number of fused-ring (bicyclic) bond motifs is 12. The molecule has 0 saturated heterocycles. The lowest BCUT2D eigenvalue weighted by atomic mass is 9.56. The topological polar surface area (TPSA) is 30.2 Å². The average Bonchev–Trinajstić information content (AvgIpc) is 3.88. The molecular weight excluding hydrogens is 679 g/mol. The fraction of sp³-hybridized carbons (Fsp3) is 0.358. The fourth-order valence-electron chi connectivity index (χ4n) is 15.5. The molecule has 272 valence electrons.